The van der Waals surface area contributed by atoms with E-state index in [0.29, 0.717) is 26.0 Å². The Morgan fingerprint density at radius 3 is 2.25 bits per heavy atom. The average Bonchev–Trinajstić information content (AvgIpc) is 2.86. The Balaban J connectivity index is 2.37. The maximum Gasteiger partial charge on any atom is 0.305 e. The van der Waals surface area contributed by atoms with Crippen molar-refractivity contribution < 1.29 is 29.0 Å². The van der Waals surface area contributed by atoms with Crippen molar-refractivity contribution in [2.75, 3.05) is 13.2 Å². The van der Waals surface area contributed by atoms with E-state index in [9.17, 15) is 19.5 Å². The molecule has 0 aliphatic carbocycles. The van der Waals surface area contributed by atoms with Crippen LogP contribution in [0.1, 0.15) is 132 Å². The summed E-state index contributed by atoms with van der Waals surface area (Å²) < 4.78 is 11.6. The molecule has 1 rings (SSSR count). The van der Waals surface area contributed by atoms with Crippen molar-refractivity contribution in [3.8, 4) is 0 Å². The van der Waals surface area contributed by atoms with E-state index in [4.69, 9.17) is 9.47 Å². The van der Waals surface area contributed by atoms with E-state index >= 15 is 0 Å². The lowest BCUT2D eigenvalue weighted by molar-refractivity contribution is -0.304. The van der Waals surface area contributed by atoms with Crippen molar-refractivity contribution in [3.05, 3.63) is 12.2 Å². The molecule has 8 nitrogen and oxygen atoms in total. The molecule has 3 N–H and O–H groups in total. The summed E-state index contributed by atoms with van der Waals surface area (Å²) in [7, 11) is 0. The quantitative estimate of drug-likeness (QED) is 0.114. The number of carboxylic acid groups (broad SMARTS) is 1. The summed E-state index contributed by atoms with van der Waals surface area (Å²) in [5, 5.41) is 15.3. The van der Waals surface area contributed by atoms with Crippen LogP contribution >= 0.6 is 0 Å². The Hall–Kier alpha value is -1.93. The third-order valence-electron chi connectivity index (χ3n) is 7.58. The first kappa shape index (κ1) is 36.1. The highest BCUT2D eigenvalue weighted by molar-refractivity contribution is 5.83. The van der Waals surface area contributed by atoms with Crippen LogP contribution in [0.3, 0.4) is 0 Å². The fraction of sp³-hybridized carbons (Fsp3) is 0.844. The van der Waals surface area contributed by atoms with Gasteiger partial charge in [0.25, 0.3) is 0 Å². The van der Waals surface area contributed by atoms with Crippen LogP contribution in [0.2, 0.25) is 0 Å². The number of unbranched alkanes of at least 4 members (excludes halogenated alkanes) is 7. The number of hydrogen-bond donors (Lipinski definition) is 3. The number of nitrogens with one attached hydrogen (secondary N) is 2. The summed E-state index contributed by atoms with van der Waals surface area (Å²) >= 11 is 0. The normalized spacial score (nSPS) is 19.3. The molecule has 0 aromatic carbocycles. The average molecular weight is 567 g/mol. The van der Waals surface area contributed by atoms with Gasteiger partial charge in [-0.3, -0.25) is 14.4 Å². The molecule has 0 saturated carbocycles. The monoisotopic (exact) mass is 566 g/mol. The van der Waals surface area contributed by atoms with Gasteiger partial charge < -0.3 is 25.2 Å². The topological polar surface area (TPSA) is 114 Å². The van der Waals surface area contributed by atoms with Gasteiger partial charge in [0.05, 0.1) is 13.0 Å². The summed E-state index contributed by atoms with van der Waals surface area (Å²) in [6, 6.07) is -0.548. The molecule has 1 aliphatic rings. The molecule has 2 unspecified atom stereocenters. The number of hydrogen-bond acceptors (Lipinski definition) is 5. The van der Waals surface area contributed by atoms with Gasteiger partial charge in [0.1, 0.15) is 6.10 Å². The van der Waals surface area contributed by atoms with Gasteiger partial charge in [-0.05, 0) is 52.4 Å². The number of amides is 2. The van der Waals surface area contributed by atoms with Crippen molar-refractivity contribution in [3.63, 3.8) is 0 Å². The second kappa shape index (κ2) is 17.8. The molecule has 1 fully saturated rings. The number of aliphatic carboxylic acids is 1. The lowest BCUT2D eigenvalue weighted by Gasteiger charge is -2.45. The summed E-state index contributed by atoms with van der Waals surface area (Å²) in [6.45, 7) is 14.3. The summed E-state index contributed by atoms with van der Waals surface area (Å²) in [6.07, 6.45) is 16.2. The molecule has 2 atom stereocenters. The van der Waals surface area contributed by atoms with Crippen LogP contribution in [-0.2, 0) is 23.9 Å². The third-order valence-corrected chi connectivity index (χ3v) is 7.58. The molecular formula is C32H58N2O6. The third kappa shape index (κ3) is 14.6. The largest absolute Gasteiger partial charge is 0.481 e. The molecule has 1 aliphatic heterocycles. The number of allylic oxidation sites excluding steroid dienone is 2. The molecule has 232 valence electrons. The van der Waals surface area contributed by atoms with Crippen LogP contribution in [0, 0.1) is 10.8 Å². The maximum atomic E-state index is 13.1. The first-order valence-electron chi connectivity index (χ1n) is 15.5. The van der Waals surface area contributed by atoms with Crippen molar-refractivity contribution in [2.45, 2.75) is 150 Å². The zero-order valence-electron chi connectivity index (χ0n) is 26.4. The van der Waals surface area contributed by atoms with Gasteiger partial charge in [0.2, 0.25) is 11.8 Å². The Labute approximate surface area is 243 Å². The predicted molar refractivity (Wildman–Crippen MR) is 160 cm³/mol. The van der Waals surface area contributed by atoms with Crippen molar-refractivity contribution in [1.82, 2.24) is 10.6 Å². The zero-order chi connectivity index (χ0) is 30.2. The molecule has 0 aromatic heterocycles. The molecular weight excluding hydrogens is 508 g/mol. The molecule has 0 aromatic rings. The molecule has 0 spiro atoms. The van der Waals surface area contributed by atoms with Crippen molar-refractivity contribution in [2.24, 2.45) is 10.8 Å². The zero-order valence-corrected chi connectivity index (χ0v) is 26.4. The Bertz CT molecular complexity index is 805. The van der Waals surface area contributed by atoms with Gasteiger partial charge in [-0.25, -0.2) is 0 Å². The Kier molecular flexibility index (Phi) is 16.1. The molecule has 2 amide bonds. The number of carbonyl (C=O) groups excluding carboxylic acids is 2. The SMILES string of the molecule is CCCC=CCCCCCCCCC(C)(C)C(=O)NCCCC(CC(=O)O)NC(=O)C1OC(C)(C)OCC1(C)C. The fourth-order valence-electron chi connectivity index (χ4n) is 4.88. The number of carboxylic acids is 1. The van der Waals surface area contributed by atoms with Crippen molar-refractivity contribution >= 4 is 17.8 Å². The number of ether oxygens (including phenoxy) is 2. The predicted octanol–water partition coefficient (Wildman–Crippen LogP) is 6.52. The highest BCUT2D eigenvalue weighted by atomic mass is 16.7. The number of rotatable bonds is 20. The van der Waals surface area contributed by atoms with Gasteiger partial charge in [-0.1, -0.05) is 85.3 Å². The molecule has 0 bridgehead atoms. The Morgan fingerprint density at radius 2 is 1.60 bits per heavy atom. The Morgan fingerprint density at radius 1 is 0.975 bits per heavy atom. The minimum Gasteiger partial charge on any atom is -0.481 e. The van der Waals surface area contributed by atoms with E-state index in [2.05, 4.69) is 29.7 Å². The van der Waals surface area contributed by atoms with Gasteiger partial charge in [-0.15, -0.1) is 0 Å². The van der Waals surface area contributed by atoms with Crippen LogP contribution < -0.4 is 10.6 Å². The highest BCUT2D eigenvalue weighted by Crippen LogP contribution is 2.35. The lowest BCUT2D eigenvalue weighted by atomic mass is 9.85. The molecule has 0 radical (unpaired) electrons. The molecule has 1 saturated heterocycles. The lowest BCUT2D eigenvalue weighted by Crippen LogP contribution is -2.57. The van der Waals surface area contributed by atoms with E-state index in [0.717, 1.165) is 19.3 Å². The molecule has 40 heavy (non-hydrogen) atoms. The second-order valence-corrected chi connectivity index (χ2v) is 13.2. The highest BCUT2D eigenvalue weighted by Gasteiger charge is 2.46. The van der Waals surface area contributed by atoms with E-state index in [1.54, 1.807) is 13.8 Å². The van der Waals surface area contributed by atoms with E-state index in [1.165, 1.54) is 44.9 Å². The molecule has 1 heterocycles. The minimum atomic E-state index is -0.980. The smallest absolute Gasteiger partial charge is 0.305 e. The summed E-state index contributed by atoms with van der Waals surface area (Å²) in [5.41, 5.74) is -0.990. The van der Waals surface area contributed by atoms with E-state index in [1.807, 2.05) is 27.7 Å². The van der Waals surface area contributed by atoms with E-state index in [-0.39, 0.29) is 18.2 Å². The van der Waals surface area contributed by atoms with Crippen LogP contribution in [0.15, 0.2) is 12.2 Å². The fourth-order valence-corrected chi connectivity index (χ4v) is 4.88. The second-order valence-electron chi connectivity index (χ2n) is 13.2. The first-order valence-corrected chi connectivity index (χ1v) is 15.5. The van der Waals surface area contributed by atoms with Gasteiger partial charge in [0, 0.05) is 23.4 Å². The van der Waals surface area contributed by atoms with Crippen LogP contribution in [0.4, 0.5) is 0 Å². The van der Waals surface area contributed by atoms with Crippen molar-refractivity contribution in [1.29, 1.82) is 0 Å². The van der Waals surface area contributed by atoms with Crippen LogP contribution in [0.5, 0.6) is 0 Å². The first-order chi connectivity index (χ1) is 18.7. The maximum absolute atomic E-state index is 13.1. The summed E-state index contributed by atoms with van der Waals surface area (Å²) in [4.78, 5) is 37.3. The summed E-state index contributed by atoms with van der Waals surface area (Å²) in [5.74, 6) is -2.18. The number of carbonyl (C=O) groups is 3. The van der Waals surface area contributed by atoms with Gasteiger partial charge >= 0.3 is 5.97 Å². The van der Waals surface area contributed by atoms with E-state index < -0.39 is 34.7 Å². The van der Waals surface area contributed by atoms with Gasteiger partial charge in [-0.2, -0.15) is 0 Å². The minimum absolute atomic E-state index is 0.0183. The standard InChI is InChI=1S/C32H58N2O6/c1-8-9-10-11-12-13-14-15-16-17-18-21-30(2,3)29(38)33-22-19-20-25(23-26(35)36)34-28(37)27-31(4,5)24-39-32(6,7)40-27/h10-11,25,27H,8-9,12-24H2,1-7H3,(H,33,38)(H,34,37)(H,35,36). The van der Waals surface area contributed by atoms with Crippen LogP contribution in [0.25, 0.3) is 0 Å². The molecule has 8 heteroatoms. The van der Waals surface area contributed by atoms with Gasteiger partial charge in [0.15, 0.2) is 5.79 Å². The van der Waals surface area contributed by atoms with Crippen LogP contribution in [-0.4, -0.2) is 54.0 Å².